The maximum Gasteiger partial charge on any atom is 0.199 e. The van der Waals surface area contributed by atoms with Gasteiger partial charge in [0.2, 0.25) is 0 Å². The minimum Gasteiger partial charge on any atom is -0.506 e. The van der Waals surface area contributed by atoms with E-state index in [9.17, 15) is 5.11 Å². The SMILES string of the molecule is Cc1ccc2nc3c(c(O)c2c1)C(=O)c1cc(Oc2c(C(C)C)cccc2C(C)C)c2c4cccc5ccc(Oc6c(C(C)C)cccc6C(C)C)c(c6ccc-3c1c62)c54. The van der Waals surface area contributed by atoms with E-state index >= 15 is 4.79 Å². The van der Waals surface area contributed by atoms with Crippen molar-refractivity contribution in [2.24, 2.45) is 0 Å². The minimum atomic E-state index is -0.276. The molecule has 1 heterocycles. The second-order valence-electron chi connectivity index (χ2n) is 17.9. The topological polar surface area (TPSA) is 68.7 Å². The highest BCUT2D eigenvalue weighted by atomic mass is 16.5. The molecule has 1 aliphatic rings. The van der Waals surface area contributed by atoms with Crippen molar-refractivity contribution in [3.8, 4) is 40.0 Å². The molecule has 0 bridgehead atoms. The predicted octanol–water partition coefficient (Wildman–Crippen LogP) is 15.6. The number of ketones is 1. The summed E-state index contributed by atoms with van der Waals surface area (Å²) >= 11 is 0. The normalized spacial score (nSPS) is 12.8. The van der Waals surface area contributed by atoms with E-state index in [4.69, 9.17) is 14.5 Å². The largest absolute Gasteiger partial charge is 0.506 e. The molecule has 1 N–H and O–H groups in total. The van der Waals surface area contributed by atoms with E-state index in [1.165, 1.54) is 0 Å². The molecule has 0 unspecified atom stereocenters. The Morgan fingerprint density at radius 2 is 1.08 bits per heavy atom. The van der Waals surface area contributed by atoms with Gasteiger partial charge in [-0.05, 0) is 93.3 Å². The van der Waals surface area contributed by atoms with Crippen LogP contribution in [0.2, 0.25) is 0 Å². The number of rotatable bonds is 8. The first-order chi connectivity index (χ1) is 28.8. The summed E-state index contributed by atoms with van der Waals surface area (Å²) in [6, 6.07) is 35.5. The molecule has 8 aromatic carbocycles. The molecular formula is C55H49NO4. The molecule has 5 heteroatoms. The molecule has 0 radical (unpaired) electrons. The van der Waals surface area contributed by atoms with Crippen molar-refractivity contribution in [1.82, 2.24) is 4.98 Å². The molecule has 298 valence electrons. The fourth-order valence-corrected chi connectivity index (χ4v) is 9.72. The van der Waals surface area contributed by atoms with Gasteiger partial charge in [-0.25, -0.2) is 4.98 Å². The van der Waals surface area contributed by atoms with Crippen molar-refractivity contribution in [2.75, 3.05) is 0 Å². The number of para-hydroxylation sites is 2. The predicted molar refractivity (Wildman–Crippen MR) is 248 cm³/mol. The van der Waals surface area contributed by atoms with Gasteiger partial charge < -0.3 is 14.6 Å². The van der Waals surface area contributed by atoms with Crippen molar-refractivity contribution >= 4 is 59.8 Å². The number of carbonyl (C=O) groups is 1. The Morgan fingerprint density at radius 3 is 1.70 bits per heavy atom. The fraction of sp³-hybridized carbons (Fsp3) is 0.236. The molecule has 10 rings (SSSR count). The van der Waals surface area contributed by atoms with Crippen LogP contribution in [0.3, 0.4) is 0 Å². The third-order valence-electron chi connectivity index (χ3n) is 12.7. The average Bonchev–Trinajstić information content (AvgIpc) is 3.22. The van der Waals surface area contributed by atoms with Crippen molar-refractivity contribution in [3.05, 3.63) is 142 Å². The molecule has 0 saturated carbocycles. The third kappa shape index (κ3) is 5.51. The van der Waals surface area contributed by atoms with Gasteiger partial charge in [0.25, 0.3) is 0 Å². The number of carbonyl (C=O) groups excluding carboxylic acids is 1. The third-order valence-corrected chi connectivity index (χ3v) is 12.7. The Labute approximate surface area is 350 Å². The molecule has 9 aromatic rings. The van der Waals surface area contributed by atoms with E-state index in [1.54, 1.807) is 0 Å². The first-order valence-electron chi connectivity index (χ1n) is 21.3. The van der Waals surface area contributed by atoms with Gasteiger partial charge >= 0.3 is 0 Å². The summed E-state index contributed by atoms with van der Waals surface area (Å²) < 4.78 is 14.6. The average molecular weight is 788 g/mol. The van der Waals surface area contributed by atoms with Gasteiger partial charge in [0.15, 0.2) is 5.78 Å². The molecule has 1 aliphatic carbocycles. The van der Waals surface area contributed by atoms with Crippen LogP contribution < -0.4 is 9.47 Å². The van der Waals surface area contributed by atoms with Crippen LogP contribution in [0.25, 0.3) is 65.3 Å². The van der Waals surface area contributed by atoms with E-state index in [0.29, 0.717) is 27.9 Å². The van der Waals surface area contributed by atoms with Gasteiger partial charge in [-0.3, -0.25) is 4.79 Å². The Morgan fingerprint density at radius 1 is 0.517 bits per heavy atom. The molecule has 0 saturated heterocycles. The summed E-state index contributed by atoms with van der Waals surface area (Å²) in [6.07, 6.45) is 0. The summed E-state index contributed by atoms with van der Waals surface area (Å²) in [6.45, 7) is 19.6. The Hall–Kier alpha value is -6.46. The molecule has 1 aromatic heterocycles. The Kier molecular flexibility index (Phi) is 8.70. The molecule has 0 atom stereocenters. The maximum atomic E-state index is 15.2. The van der Waals surface area contributed by atoms with Crippen LogP contribution in [-0.4, -0.2) is 15.9 Å². The first-order valence-corrected chi connectivity index (χ1v) is 21.3. The van der Waals surface area contributed by atoms with Crippen LogP contribution in [0.15, 0.2) is 103 Å². The summed E-state index contributed by atoms with van der Waals surface area (Å²) in [7, 11) is 0. The number of nitrogens with zero attached hydrogens (tertiary/aromatic N) is 1. The minimum absolute atomic E-state index is 0.0481. The molecular weight excluding hydrogens is 739 g/mol. The van der Waals surface area contributed by atoms with Crippen LogP contribution in [0.5, 0.6) is 28.7 Å². The highest BCUT2D eigenvalue weighted by molar-refractivity contribution is 6.40. The van der Waals surface area contributed by atoms with Crippen LogP contribution in [0.4, 0.5) is 0 Å². The number of ether oxygens (including phenoxy) is 2. The number of pyridine rings is 1. The number of aromatic hydroxyl groups is 1. The number of aromatic nitrogens is 1. The monoisotopic (exact) mass is 787 g/mol. The summed E-state index contributed by atoms with van der Waals surface area (Å²) in [5.74, 6) is 3.62. The number of hydrogen-bond acceptors (Lipinski definition) is 5. The van der Waals surface area contributed by atoms with E-state index < -0.39 is 0 Å². The maximum absolute atomic E-state index is 15.2. The summed E-state index contributed by atoms with van der Waals surface area (Å²) in [5.41, 5.74) is 8.12. The Bertz CT molecular complexity index is 3210. The summed E-state index contributed by atoms with van der Waals surface area (Å²) in [4.78, 5) is 20.3. The second-order valence-corrected chi connectivity index (χ2v) is 17.9. The lowest BCUT2D eigenvalue weighted by molar-refractivity contribution is 0.103. The molecule has 5 nitrogen and oxygen atoms in total. The number of aryl methyl sites for hydroxylation is 1. The zero-order valence-corrected chi connectivity index (χ0v) is 35.7. The zero-order valence-electron chi connectivity index (χ0n) is 35.7. The quantitative estimate of drug-likeness (QED) is 0.123. The van der Waals surface area contributed by atoms with Gasteiger partial charge in [-0.2, -0.15) is 0 Å². The standard InChI is InChI=1S/C55H49NO4/c1-27(2)33-14-11-15-34(28(3)4)54(33)59-43-24-20-32-13-10-18-37-45(32)47(43)38-21-22-39-46-41(53(58)50-51(39)56-42-23-19-31(9)25-40(42)52(50)57)26-44(48(37)49(38)46)60-55-35(29(5)6)16-12-17-36(55)30(7)8/h10-30H,1-9H3,(H,56,57). The number of fused-ring (bicyclic) bond motifs is 5. The van der Waals surface area contributed by atoms with E-state index in [0.717, 1.165) is 93.7 Å². The van der Waals surface area contributed by atoms with Crippen molar-refractivity contribution in [3.63, 3.8) is 0 Å². The van der Waals surface area contributed by atoms with E-state index in [1.807, 2.05) is 31.2 Å². The van der Waals surface area contributed by atoms with E-state index in [2.05, 4.69) is 134 Å². The molecule has 60 heavy (non-hydrogen) atoms. The van der Waals surface area contributed by atoms with Crippen LogP contribution in [0.1, 0.15) is 123 Å². The lowest BCUT2D eigenvalue weighted by Crippen LogP contribution is -2.13. The van der Waals surface area contributed by atoms with Gasteiger partial charge in [0.1, 0.15) is 28.7 Å². The van der Waals surface area contributed by atoms with Crippen molar-refractivity contribution < 1.29 is 19.4 Å². The number of benzene rings is 8. The first kappa shape index (κ1) is 37.8. The summed E-state index contributed by atoms with van der Waals surface area (Å²) in [5, 5.41) is 20.3. The number of hydrogen-bond donors (Lipinski definition) is 1. The smallest absolute Gasteiger partial charge is 0.199 e. The van der Waals surface area contributed by atoms with Crippen molar-refractivity contribution in [2.45, 2.75) is 86.0 Å². The molecule has 0 amide bonds. The van der Waals surface area contributed by atoms with Gasteiger partial charge in [0.05, 0.1) is 16.8 Å². The van der Waals surface area contributed by atoms with Gasteiger partial charge in [0, 0.05) is 43.4 Å². The van der Waals surface area contributed by atoms with Crippen LogP contribution in [0, 0.1) is 6.92 Å². The van der Waals surface area contributed by atoms with Gasteiger partial charge in [-0.1, -0.05) is 140 Å². The van der Waals surface area contributed by atoms with Crippen LogP contribution >= 0.6 is 0 Å². The highest BCUT2D eigenvalue weighted by Gasteiger charge is 2.35. The van der Waals surface area contributed by atoms with Crippen molar-refractivity contribution in [1.29, 1.82) is 0 Å². The lowest BCUT2D eigenvalue weighted by atomic mass is 9.79. The lowest BCUT2D eigenvalue weighted by Gasteiger charge is -2.27. The zero-order chi connectivity index (χ0) is 41.9. The molecule has 0 aliphatic heterocycles. The molecule has 0 spiro atoms. The second kappa shape index (κ2) is 13.8. The molecule has 0 fully saturated rings. The van der Waals surface area contributed by atoms with Gasteiger partial charge in [-0.15, -0.1) is 0 Å². The van der Waals surface area contributed by atoms with E-state index in [-0.39, 0.29) is 40.8 Å². The fourth-order valence-electron chi connectivity index (χ4n) is 9.72. The van der Waals surface area contributed by atoms with Crippen LogP contribution in [-0.2, 0) is 0 Å². The highest BCUT2D eigenvalue weighted by Crippen LogP contribution is 2.55. The Balaban J connectivity index is 1.37.